The highest BCUT2D eigenvalue weighted by molar-refractivity contribution is 5.83. The van der Waals surface area contributed by atoms with Gasteiger partial charge in [0.25, 0.3) is 0 Å². The molecule has 2 N–H and O–H groups in total. The molecule has 1 rings (SSSR count). The molecule has 1 fully saturated rings. The number of aliphatic imine (C=N–C) groups is 1. The average molecular weight is 212 g/mol. The van der Waals surface area contributed by atoms with E-state index < -0.39 is 0 Å². The van der Waals surface area contributed by atoms with Crippen molar-refractivity contribution < 1.29 is 4.74 Å². The van der Waals surface area contributed by atoms with Crippen LogP contribution in [0.15, 0.2) is 4.99 Å². The van der Waals surface area contributed by atoms with Gasteiger partial charge in [-0.1, -0.05) is 26.2 Å². The third-order valence-corrected chi connectivity index (χ3v) is 2.95. The molecule has 3 heteroatoms. The van der Waals surface area contributed by atoms with Crippen LogP contribution in [0.5, 0.6) is 0 Å². The van der Waals surface area contributed by atoms with Crippen molar-refractivity contribution in [3.8, 4) is 0 Å². The molecular weight excluding hydrogens is 188 g/mol. The van der Waals surface area contributed by atoms with Crippen LogP contribution in [0.1, 0.15) is 45.4 Å². The fourth-order valence-corrected chi connectivity index (χ4v) is 1.94. The lowest BCUT2D eigenvalue weighted by Crippen LogP contribution is -2.22. The SMILES string of the molecule is CCCCOCCN=C(N)C1CCCC1. The van der Waals surface area contributed by atoms with Crippen LogP contribution in [-0.2, 0) is 4.74 Å². The summed E-state index contributed by atoms with van der Waals surface area (Å²) in [5, 5.41) is 0. The molecule has 3 nitrogen and oxygen atoms in total. The molecule has 0 heterocycles. The summed E-state index contributed by atoms with van der Waals surface area (Å²) in [7, 11) is 0. The van der Waals surface area contributed by atoms with Crippen molar-refractivity contribution in [1.82, 2.24) is 0 Å². The van der Waals surface area contributed by atoms with Gasteiger partial charge in [0.1, 0.15) is 0 Å². The minimum atomic E-state index is 0.556. The molecule has 0 amide bonds. The Morgan fingerprint density at radius 3 is 2.73 bits per heavy atom. The topological polar surface area (TPSA) is 47.6 Å². The number of nitrogens with zero attached hydrogens (tertiary/aromatic N) is 1. The summed E-state index contributed by atoms with van der Waals surface area (Å²) in [6.45, 7) is 4.47. The van der Waals surface area contributed by atoms with Gasteiger partial charge < -0.3 is 10.5 Å². The van der Waals surface area contributed by atoms with Gasteiger partial charge in [-0.25, -0.2) is 0 Å². The molecule has 15 heavy (non-hydrogen) atoms. The van der Waals surface area contributed by atoms with Gasteiger partial charge in [0.05, 0.1) is 19.0 Å². The molecule has 0 aliphatic heterocycles. The van der Waals surface area contributed by atoms with Crippen LogP contribution in [0.25, 0.3) is 0 Å². The fraction of sp³-hybridized carbons (Fsp3) is 0.917. The van der Waals surface area contributed by atoms with E-state index in [-0.39, 0.29) is 0 Å². The maximum atomic E-state index is 5.91. The Morgan fingerprint density at radius 2 is 2.07 bits per heavy atom. The van der Waals surface area contributed by atoms with E-state index in [0.717, 1.165) is 25.4 Å². The molecular formula is C12H24N2O. The molecule has 0 spiro atoms. The maximum Gasteiger partial charge on any atom is 0.0969 e. The zero-order chi connectivity index (χ0) is 10.9. The summed E-state index contributed by atoms with van der Waals surface area (Å²) in [5.74, 6) is 1.41. The monoisotopic (exact) mass is 212 g/mol. The van der Waals surface area contributed by atoms with Gasteiger partial charge in [-0.3, -0.25) is 4.99 Å². The molecule has 0 atom stereocenters. The normalized spacial score (nSPS) is 18.6. The molecule has 0 aromatic heterocycles. The number of hydrogen-bond donors (Lipinski definition) is 1. The Labute approximate surface area is 93.1 Å². The Bertz CT molecular complexity index is 186. The zero-order valence-electron chi connectivity index (χ0n) is 9.87. The maximum absolute atomic E-state index is 5.91. The van der Waals surface area contributed by atoms with Gasteiger partial charge in [0.2, 0.25) is 0 Å². The summed E-state index contributed by atoms with van der Waals surface area (Å²) >= 11 is 0. The Kier molecular flexibility index (Phi) is 6.41. The Hall–Kier alpha value is -0.570. The van der Waals surface area contributed by atoms with E-state index in [4.69, 9.17) is 10.5 Å². The molecule has 1 aliphatic carbocycles. The van der Waals surface area contributed by atoms with Crippen LogP contribution in [0.3, 0.4) is 0 Å². The van der Waals surface area contributed by atoms with Crippen molar-refractivity contribution >= 4 is 5.84 Å². The minimum Gasteiger partial charge on any atom is -0.387 e. The van der Waals surface area contributed by atoms with E-state index >= 15 is 0 Å². The van der Waals surface area contributed by atoms with Gasteiger partial charge in [-0.15, -0.1) is 0 Å². The van der Waals surface area contributed by atoms with Crippen molar-refractivity contribution in [3.63, 3.8) is 0 Å². The minimum absolute atomic E-state index is 0.556. The van der Waals surface area contributed by atoms with Crippen molar-refractivity contribution in [1.29, 1.82) is 0 Å². The number of ether oxygens (including phenoxy) is 1. The number of amidine groups is 1. The third kappa shape index (κ3) is 5.17. The van der Waals surface area contributed by atoms with Crippen LogP contribution >= 0.6 is 0 Å². The van der Waals surface area contributed by atoms with Crippen LogP contribution in [0.2, 0.25) is 0 Å². The third-order valence-electron chi connectivity index (χ3n) is 2.95. The highest BCUT2D eigenvalue weighted by atomic mass is 16.5. The second kappa shape index (κ2) is 7.69. The first-order valence-corrected chi connectivity index (χ1v) is 6.22. The van der Waals surface area contributed by atoms with Crippen LogP contribution in [-0.4, -0.2) is 25.6 Å². The molecule has 0 unspecified atom stereocenters. The first-order chi connectivity index (χ1) is 7.34. The van der Waals surface area contributed by atoms with Gasteiger partial charge in [-0.05, 0) is 19.3 Å². The van der Waals surface area contributed by atoms with Gasteiger partial charge in [0, 0.05) is 12.5 Å². The van der Waals surface area contributed by atoms with E-state index in [0.29, 0.717) is 12.5 Å². The number of nitrogens with two attached hydrogens (primary N) is 1. The molecule has 1 saturated carbocycles. The summed E-state index contributed by atoms with van der Waals surface area (Å²) in [4.78, 5) is 4.37. The largest absolute Gasteiger partial charge is 0.387 e. The summed E-state index contributed by atoms with van der Waals surface area (Å²) in [6, 6.07) is 0. The first kappa shape index (κ1) is 12.5. The highest BCUT2D eigenvalue weighted by Gasteiger charge is 2.17. The lowest BCUT2D eigenvalue weighted by atomic mass is 10.1. The lowest BCUT2D eigenvalue weighted by molar-refractivity contribution is 0.139. The lowest BCUT2D eigenvalue weighted by Gasteiger charge is -2.08. The average Bonchev–Trinajstić information content (AvgIpc) is 2.76. The second-order valence-electron chi connectivity index (χ2n) is 4.25. The number of unbranched alkanes of at least 4 members (excludes halogenated alkanes) is 1. The highest BCUT2D eigenvalue weighted by Crippen LogP contribution is 2.24. The first-order valence-electron chi connectivity index (χ1n) is 6.22. The van der Waals surface area contributed by atoms with Crippen molar-refractivity contribution in [2.24, 2.45) is 16.6 Å². The summed E-state index contributed by atoms with van der Waals surface area (Å²) in [5.41, 5.74) is 5.91. The van der Waals surface area contributed by atoms with Crippen LogP contribution < -0.4 is 5.73 Å². The molecule has 0 bridgehead atoms. The molecule has 0 saturated heterocycles. The number of rotatable bonds is 7. The molecule has 0 aromatic rings. The van der Waals surface area contributed by atoms with Crippen molar-refractivity contribution in [2.45, 2.75) is 45.4 Å². The second-order valence-corrected chi connectivity index (χ2v) is 4.25. The van der Waals surface area contributed by atoms with Crippen LogP contribution in [0, 0.1) is 5.92 Å². The van der Waals surface area contributed by atoms with E-state index in [1.165, 1.54) is 32.1 Å². The number of hydrogen-bond acceptors (Lipinski definition) is 2. The van der Waals surface area contributed by atoms with E-state index in [9.17, 15) is 0 Å². The summed E-state index contributed by atoms with van der Waals surface area (Å²) < 4.78 is 5.42. The van der Waals surface area contributed by atoms with Gasteiger partial charge in [0.15, 0.2) is 0 Å². The van der Waals surface area contributed by atoms with Crippen LogP contribution in [0.4, 0.5) is 0 Å². The molecule has 1 aliphatic rings. The predicted molar refractivity (Wildman–Crippen MR) is 64.2 cm³/mol. The van der Waals surface area contributed by atoms with E-state index in [2.05, 4.69) is 11.9 Å². The van der Waals surface area contributed by atoms with Gasteiger partial charge >= 0.3 is 0 Å². The molecule has 88 valence electrons. The predicted octanol–water partition coefficient (Wildman–Crippen LogP) is 2.35. The fourth-order valence-electron chi connectivity index (χ4n) is 1.94. The smallest absolute Gasteiger partial charge is 0.0969 e. The Morgan fingerprint density at radius 1 is 1.33 bits per heavy atom. The van der Waals surface area contributed by atoms with Gasteiger partial charge in [-0.2, -0.15) is 0 Å². The molecule has 0 radical (unpaired) electrons. The van der Waals surface area contributed by atoms with E-state index in [1.807, 2.05) is 0 Å². The van der Waals surface area contributed by atoms with Crippen molar-refractivity contribution in [3.05, 3.63) is 0 Å². The molecule has 0 aromatic carbocycles. The van der Waals surface area contributed by atoms with Crippen molar-refractivity contribution in [2.75, 3.05) is 19.8 Å². The zero-order valence-corrected chi connectivity index (χ0v) is 9.87. The standard InChI is InChI=1S/C12H24N2O/c1-2-3-9-15-10-8-14-12(13)11-6-4-5-7-11/h11H,2-10H2,1H3,(H2,13,14). The summed E-state index contributed by atoms with van der Waals surface area (Å²) in [6.07, 6.45) is 7.41. The quantitative estimate of drug-likeness (QED) is 0.400. The Balaban J connectivity index is 2.03. The van der Waals surface area contributed by atoms with E-state index in [1.54, 1.807) is 0 Å².